The Morgan fingerprint density at radius 3 is 2.28 bits per heavy atom. The Morgan fingerprint density at radius 1 is 0.907 bits per heavy atom. The number of hydrogen-bond acceptors (Lipinski definition) is 7. The summed E-state index contributed by atoms with van der Waals surface area (Å²) in [7, 11) is 4.89. The number of carbonyl (C=O) groups excluding carboxylic acids is 2. The van der Waals surface area contributed by atoms with E-state index >= 15 is 0 Å². The first kappa shape index (κ1) is 28.7. The minimum Gasteiger partial charge on any atom is -0.497 e. The van der Waals surface area contributed by atoms with E-state index in [0.717, 1.165) is 40.9 Å². The van der Waals surface area contributed by atoms with Crippen molar-refractivity contribution in [1.29, 1.82) is 0 Å². The number of hydrogen-bond donors (Lipinski definition) is 0. The van der Waals surface area contributed by atoms with Crippen molar-refractivity contribution in [2.24, 2.45) is 0 Å². The molecular weight excluding hydrogens is 564 g/mol. The summed E-state index contributed by atoms with van der Waals surface area (Å²) in [5.41, 5.74) is 4.06. The van der Waals surface area contributed by atoms with Crippen LogP contribution in [-0.4, -0.2) is 73.2 Å². The van der Waals surface area contributed by atoms with E-state index in [1.807, 2.05) is 77.7 Å². The Hall–Kier alpha value is -4.44. The average Bonchev–Trinajstić information content (AvgIpc) is 3.71. The van der Waals surface area contributed by atoms with Crippen molar-refractivity contribution in [2.45, 2.75) is 18.1 Å². The van der Waals surface area contributed by atoms with E-state index in [2.05, 4.69) is 0 Å². The zero-order chi connectivity index (χ0) is 29.9. The SMILES string of the molecule is COc1ccc(-n2nc(-c3ccccc3)c3c2N(CC(=O)N2CCCC2)C(=O)CSC3c2cc(OC)ccc2OC)cc1. The summed E-state index contributed by atoms with van der Waals surface area (Å²) in [5, 5.41) is 4.82. The molecule has 0 bridgehead atoms. The van der Waals surface area contributed by atoms with E-state index in [4.69, 9.17) is 19.3 Å². The fourth-order valence-electron chi connectivity index (χ4n) is 5.72. The molecule has 0 aliphatic carbocycles. The summed E-state index contributed by atoms with van der Waals surface area (Å²) in [6, 6.07) is 23.2. The van der Waals surface area contributed by atoms with Gasteiger partial charge in [0, 0.05) is 29.8 Å². The maximum absolute atomic E-state index is 14.0. The van der Waals surface area contributed by atoms with Gasteiger partial charge in [-0.3, -0.25) is 14.5 Å². The van der Waals surface area contributed by atoms with Crippen LogP contribution in [0.1, 0.15) is 29.2 Å². The van der Waals surface area contributed by atoms with Crippen molar-refractivity contribution < 1.29 is 23.8 Å². The number of anilines is 1. The first-order valence-corrected chi connectivity index (χ1v) is 15.3. The van der Waals surface area contributed by atoms with E-state index in [-0.39, 0.29) is 29.4 Å². The van der Waals surface area contributed by atoms with E-state index in [9.17, 15) is 9.59 Å². The van der Waals surface area contributed by atoms with Crippen molar-refractivity contribution in [3.8, 4) is 34.2 Å². The van der Waals surface area contributed by atoms with Gasteiger partial charge in [-0.05, 0) is 55.3 Å². The average molecular weight is 599 g/mol. The van der Waals surface area contributed by atoms with Crippen LogP contribution in [0.2, 0.25) is 0 Å². The fourth-order valence-corrected chi connectivity index (χ4v) is 6.94. The molecule has 2 aliphatic heterocycles. The number of rotatable bonds is 8. The molecule has 1 saturated heterocycles. The summed E-state index contributed by atoms with van der Waals surface area (Å²) in [4.78, 5) is 31.1. The molecule has 2 aliphatic rings. The smallest absolute Gasteiger partial charge is 0.242 e. The Labute approximate surface area is 255 Å². The van der Waals surface area contributed by atoms with Crippen LogP contribution in [0.15, 0.2) is 72.8 Å². The third-order valence-corrected chi connectivity index (χ3v) is 9.16. The Morgan fingerprint density at radius 2 is 1.60 bits per heavy atom. The maximum Gasteiger partial charge on any atom is 0.242 e. The second-order valence-corrected chi connectivity index (χ2v) is 11.5. The summed E-state index contributed by atoms with van der Waals surface area (Å²) >= 11 is 1.50. The summed E-state index contributed by atoms with van der Waals surface area (Å²) in [6.07, 6.45) is 1.95. The molecule has 1 atom stereocenters. The molecule has 0 radical (unpaired) electrons. The molecule has 3 heterocycles. The van der Waals surface area contributed by atoms with Gasteiger partial charge in [-0.25, -0.2) is 4.68 Å². The van der Waals surface area contributed by atoms with Crippen LogP contribution in [0.25, 0.3) is 16.9 Å². The molecule has 222 valence electrons. The molecule has 43 heavy (non-hydrogen) atoms. The van der Waals surface area contributed by atoms with Gasteiger partial charge in [-0.2, -0.15) is 5.10 Å². The van der Waals surface area contributed by atoms with Crippen LogP contribution in [0, 0.1) is 0 Å². The number of carbonyl (C=O) groups is 2. The van der Waals surface area contributed by atoms with Gasteiger partial charge in [0.05, 0.1) is 43.7 Å². The van der Waals surface area contributed by atoms with Crippen LogP contribution in [0.3, 0.4) is 0 Å². The molecule has 2 amide bonds. The molecule has 0 N–H and O–H groups in total. The van der Waals surface area contributed by atoms with Crippen molar-refractivity contribution in [2.75, 3.05) is 51.6 Å². The number of benzene rings is 3. The van der Waals surface area contributed by atoms with Crippen molar-refractivity contribution in [3.05, 3.63) is 83.9 Å². The Balaban J connectivity index is 1.62. The molecule has 10 heteroatoms. The van der Waals surface area contributed by atoms with E-state index in [1.165, 1.54) is 11.8 Å². The van der Waals surface area contributed by atoms with Gasteiger partial charge < -0.3 is 19.1 Å². The van der Waals surface area contributed by atoms with Crippen LogP contribution in [-0.2, 0) is 9.59 Å². The lowest BCUT2D eigenvalue weighted by Gasteiger charge is -2.26. The summed E-state index contributed by atoms with van der Waals surface area (Å²) in [6.45, 7) is 1.35. The molecule has 3 aromatic carbocycles. The number of nitrogens with zero attached hydrogens (tertiary/aromatic N) is 4. The number of aromatic nitrogens is 2. The number of ether oxygens (including phenoxy) is 3. The second kappa shape index (κ2) is 12.4. The zero-order valence-corrected chi connectivity index (χ0v) is 25.3. The number of thioether (sulfide) groups is 1. The molecule has 1 aromatic heterocycles. The minimum absolute atomic E-state index is 0.0650. The van der Waals surface area contributed by atoms with Gasteiger partial charge in [0.1, 0.15) is 29.6 Å². The molecule has 0 saturated carbocycles. The van der Waals surface area contributed by atoms with E-state index in [0.29, 0.717) is 36.2 Å². The summed E-state index contributed by atoms with van der Waals surface area (Å²) < 4.78 is 18.6. The summed E-state index contributed by atoms with van der Waals surface area (Å²) in [5.74, 6) is 2.58. The zero-order valence-electron chi connectivity index (χ0n) is 24.5. The highest BCUT2D eigenvalue weighted by molar-refractivity contribution is 8.00. The highest BCUT2D eigenvalue weighted by Crippen LogP contribution is 2.51. The van der Waals surface area contributed by atoms with Crippen LogP contribution in [0.4, 0.5) is 5.82 Å². The lowest BCUT2D eigenvalue weighted by molar-refractivity contribution is -0.130. The van der Waals surface area contributed by atoms with E-state index in [1.54, 1.807) is 30.9 Å². The molecular formula is C33H34N4O5S. The lowest BCUT2D eigenvalue weighted by atomic mass is 9.98. The monoisotopic (exact) mass is 598 g/mol. The highest BCUT2D eigenvalue weighted by Gasteiger charge is 2.39. The fraction of sp³-hybridized carbons (Fsp3) is 0.303. The van der Waals surface area contributed by atoms with Gasteiger partial charge in [-0.15, -0.1) is 11.8 Å². The highest BCUT2D eigenvalue weighted by atomic mass is 32.2. The molecule has 6 rings (SSSR count). The van der Waals surface area contributed by atoms with Gasteiger partial charge in [0.25, 0.3) is 0 Å². The van der Waals surface area contributed by atoms with Gasteiger partial charge >= 0.3 is 0 Å². The molecule has 1 unspecified atom stereocenters. The van der Waals surface area contributed by atoms with Crippen molar-refractivity contribution in [1.82, 2.24) is 14.7 Å². The van der Waals surface area contributed by atoms with Gasteiger partial charge in [-0.1, -0.05) is 30.3 Å². The van der Waals surface area contributed by atoms with Crippen LogP contribution < -0.4 is 19.1 Å². The number of methoxy groups -OCH3 is 3. The third kappa shape index (κ3) is 5.54. The topological polar surface area (TPSA) is 86.1 Å². The first-order valence-electron chi connectivity index (χ1n) is 14.3. The Bertz CT molecular complexity index is 1620. The standard InChI is InChI=1S/C33H34N4O5S/c1-40-24-13-11-23(12-14-24)37-33-30(31(34-37)22-9-5-4-6-10-22)32(26-19-25(41-2)15-16-27(26)42-3)43-21-29(39)36(33)20-28(38)35-17-7-8-18-35/h4-6,9-16,19,32H,7-8,17-18,20-21H2,1-3H3. The number of fused-ring (bicyclic) bond motifs is 1. The van der Waals surface area contributed by atoms with Crippen LogP contribution in [0.5, 0.6) is 17.2 Å². The van der Waals surface area contributed by atoms with Crippen molar-refractivity contribution >= 4 is 29.4 Å². The minimum atomic E-state index is -0.349. The Kier molecular flexibility index (Phi) is 8.29. The molecule has 9 nitrogen and oxygen atoms in total. The predicted molar refractivity (Wildman–Crippen MR) is 168 cm³/mol. The normalized spacial score (nSPS) is 16.5. The largest absolute Gasteiger partial charge is 0.497 e. The van der Waals surface area contributed by atoms with E-state index < -0.39 is 0 Å². The maximum atomic E-state index is 14.0. The third-order valence-electron chi connectivity index (χ3n) is 7.92. The first-order chi connectivity index (χ1) is 21.0. The van der Waals surface area contributed by atoms with Gasteiger partial charge in [0.15, 0.2) is 0 Å². The predicted octanol–water partition coefficient (Wildman–Crippen LogP) is 5.36. The quantitative estimate of drug-likeness (QED) is 0.270. The molecule has 1 fully saturated rings. The lowest BCUT2D eigenvalue weighted by Crippen LogP contribution is -2.43. The number of amides is 2. The van der Waals surface area contributed by atoms with Gasteiger partial charge in [0.2, 0.25) is 11.8 Å². The molecule has 0 spiro atoms. The van der Waals surface area contributed by atoms with Crippen molar-refractivity contribution in [3.63, 3.8) is 0 Å². The number of likely N-dealkylation sites (tertiary alicyclic amines) is 1. The second-order valence-electron chi connectivity index (χ2n) is 10.4. The molecule has 4 aromatic rings. The van der Waals surface area contributed by atoms with Crippen LogP contribution >= 0.6 is 11.8 Å².